The second kappa shape index (κ2) is 7.51. The highest BCUT2D eigenvalue weighted by molar-refractivity contribution is 8.00. The Hall–Kier alpha value is -2.01. The van der Waals surface area contributed by atoms with Gasteiger partial charge in [0.1, 0.15) is 0 Å². The van der Waals surface area contributed by atoms with E-state index in [1.807, 2.05) is 30.0 Å². The van der Waals surface area contributed by atoms with Crippen LogP contribution in [0.3, 0.4) is 0 Å². The zero-order valence-corrected chi connectivity index (χ0v) is 14.3. The Labute approximate surface area is 142 Å². The maximum Gasteiger partial charge on any atom is 0.169 e. The molecule has 1 aliphatic rings. The van der Waals surface area contributed by atoms with Gasteiger partial charge >= 0.3 is 0 Å². The van der Waals surface area contributed by atoms with Crippen molar-refractivity contribution >= 4 is 23.3 Å². The highest BCUT2D eigenvalue weighted by Gasteiger charge is 2.31. The second-order valence-electron chi connectivity index (χ2n) is 5.59. The summed E-state index contributed by atoms with van der Waals surface area (Å²) in [5, 5.41) is 5.18. The maximum absolute atomic E-state index is 4.60. The summed E-state index contributed by atoms with van der Waals surface area (Å²) in [6, 6.07) is 14.4. The Morgan fingerprint density at radius 1 is 1.17 bits per heavy atom. The zero-order chi connectivity index (χ0) is 16.1. The topological polar surface area (TPSA) is 40.5 Å². The highest BCUT2D eigenvalue weighted by atomic mass is 32.2. The molecule has 2 heterocycles. The van der Waals surface area contributed by atoms with Gasteiger partial charge in [-0.2, -0.15) is 5.10 Å². The van der Waals surface area contributed by atoms with Crippen LogP contribution < -0.4 is 10.3 Å². The Morgan fingerprint density at radius 2 is 1.91 bits per heavy atom. The Kier molecular flexibility index (Phi) is 5.18. The average molecular weight is 326 g/mol. The van der Waals surface area contributed by atoms with Gasteiger partial charge in [0.25, 0.3) is 0 Å². The fourth-order valence-electron chi connectivity index (χ4n) is 2.68. The van der Waals surface area contributed by atoms with Crippen LogP contribution in [0.25, 0.3) is 0 Å². The molecule has 1 N–H and O–H groups in total. The van der Waals surface area contributed by atoms with E-state index >= 15 is 0 Å². The largest absolute Gasteiger partial charge is 0.293 e. The molecule has 0 aliphatic carbocycles. The van der Waals surface area contributed by atoms with Crippen molar-refractivity contribution in [2.75, 3.05) is 4.90 Å². The van der Waals surface area contributed by atoms with Crippen molar-refractivity contribution in [1.29, 1.82) is 0 Å². The third-order valence-electron chi connectivity index (χ3n) is 3.77. The van der Waals surface area contributed by atoms with Crippen molar-refractivity contribution in [1.82, 2.24) is 10.4 Å². The van der Waals surface area contributed by atoms with Gasteiger partial charge < -0.3 is 0 Å². The molecule has 120 valence electrons. The smallest absolute Gasteiger partial charge is 0.169 e. The molecule has 0 saturated carbocycles. The lowest BCUT2D eigenvalue weighted by atomic mass is 10.2. The molecule has 2 atom stereocenters. The SMILES string of the molecule is CCCC(C)SC1NN=C(c2ccncc2)N1c1ccccc1. The second-order valence-corrected chi connectivity index (χ2v) is 7.12. The lowest BCUT2D eigenvalue weighted by Crippen LogP contribution is -2.39. The van der Waals surface area contributed by atoms with E-state index in [1.165, 1.54) is 12.8 Å². The molecule has 2 aromatic rings. The average Bonchev–Trinajstić information content (AvgIpc) is 3.00. The summed E-state index contributed by atoms with van der Waals surface area (Å²) in [6.45, 7) is 4.51. The molecule has 1 aromatic carbocycles. The van der Waals surface area contributed by atoms with Crippen LogP contribution in [-0.4, -0.2) is 21.6 Å². The molecule has 1 aromatic heterocycles. The van der Waals surface area contributed by atoms with E-state index in [0.717, 1.165) is 17.1 Å². The van der Waals surface area contributed by atoms with Crippen molar-refractivity contribution in [2.24, 2.45) is 5.10 Å². The third-order valence-corrected chi connectivity index (χ3v) is 5.05. The molecular weight excluding hydrogens is 304 g/mol. The number of para-hydroxylation sites is 1. The standard InChI is InChI=1S/C18H22N4S/c1-3-7-14(2)23-18-21-20-17(15-10-12-19-13-11-15)22(18)16-8-5-4-6-9-16/h4-6,8-14,18,21H,3,7H2,1-2H3. The molecule has 0 amide bonds. The predicted molar refractivity (Wildman–Crippen MR) is 98.6 cm³/mol. The van der Waals surface area contributed by atoms with E-state index < -0.39 is 0 Å². The molecule has 3 rings (SSSR count). The Morgan fingerprint density at radius 3 is 2.61 bits per heavy atom. The zero-order valence-electron chi connectivity index (χ0n) is 13.5. The first-order chi connectivity index (χ1) is 11.3. The van der Waals surface area contributed by atoms with Crippen LogP contribution >= 0.6 is 11.8 Å². The van der Waals surface area contributed by atoms with Crippen molar-refractivity contribution in [3.05, 3.63) is 60.4 Å². The number of hydrogen-bond donors (Lipinski definition) is 1. The lowest BCUT2D eigenvalue weighted by molar-refractivity contribution is 0.733. The molecule has 0 saturated heterocycles. The van der Waals surface area contributed by atoms with Crippen LogP contribution in [0.2, 0.25) is 0 Å². The molecule has 2 unspecified atom stereocenters. The van der Waals surface area contributed by atoms with Gasteiger partial charge in [0.2, 0.25) is 0 Å². The van der Waals surface area contributed by atoms with E-state index in [4.69, 9.17) is 0 Å². The molecule has 4 nitrogen and oxygen atoms in total. The summed E-state index contributed by atoms with van der Waals surface area (Å²) in [4.78, 5) is 6.38. The van der Waals surface area contributed by atoms with Crippen LogP contribution in [0, 0.1) is 0 Å². The summed E-state index contributed by atoms with van der Waals surface area (Å²) < 4.78 is 0. The number of benzene rings is 1. The summed E-state index contributed by atoms with van der Waals surface area (Å²) in [5.41, 5.74) is 5.63. The number of rotatable bonds is 6. The van der Waals surface area contributed by atoms with E-state index in [0.29, 0.717) is 5.25 Å². The van der Waals surface area contributed by atoms with Crippen molar-refractivity contribution in [3.8, 4) is 0 Å². The number of nitrogens with zero attached hydrogens (tertiary/aromatic N) is 3. The van der Waals surface area contributed by atoms with E-state index in [2.05, 4.69) is 58.5 Å². The summed E-state index contributed by atoms with van der Waals surface area (Å²) >= 11 is 1.92. The minimum Gasteiger partial charge on any atom is -0.293 e. The van der Waals surface area contributed by atoms with Gasteiger partial charge in [-0.05, 0) is 30.7 Å². The van der Waals surface area contributed by atoms with E-state index in [9.17, 15) is 0 Å². The third kappa shape index (κ3) is 3.67. The van der Waals surface area contributed by atoms with Crippen LogP contribution in [0.15, 0.2) is 60.0 Å². The van der Waals surface area contributed by atoms with Crippen LogP contribution in [-0.2, 0) is 0 Å². The normalized spacial score (nSPS) is 18.4. The fourth-order valence-corrected chi connectivity index (χ4v) is 3.94. The minimum absolute atomic E-state index is 0.113. The number of aromatic nitrogens is 1. The van der Waals surface area contributed by atoms with Gasteiger partial charge in [-0.1, -0.05) is 38.5 Å². The van der Waals surface area contributed by atoms with Crippen LogP contribution in [0.1, 0.15) is 32.3 Å². The number of hydrogen-bond acceptors (Lipinski definition) is 5. The van der Waals surface area contributed by atoms with Crippen molar-refractivity contribution in [3.63, 3.8) is 0 Å². The minimum atomic E-state index is 0.113. The van der Waals surface area contributed by atoms with E-state index in [-0.39, 0.29) is 5.50 Å². The number of hydrazone groups is 1. The number of pyridine rings is 1. The molecular formula is C18H22N4S. The number of thioether (sulfide) groups is 1. The molecule has 1 aliphatic heterocycles. The first-order valence-electron chi connectivity index (χ1n) is 8.03. The predicted octanol–water partition coefficient (Wildman–Crippen LogP) is 4.06. The number of nitrogens with one attached hydrogen (secondary N) is 1. The van der Waals surface area contributed by atoms with E-state index in [1.54, 1.807) is 12.4 Å². The first kappa shape index (κ1) is 15.9. The first-order valence-corrected chi connectivity index (χ1v) is 8.97. The van der Waals surface area contributed by atoms with Gasteiger partial charge in [0, 0.05) is 28.9 Å². The highest BCUT2D eigenvalue weighted by Crippen LogP contribution is 2.31. The molecule has 5 heteroatoms. The van der Waals surface area contributed by atoms with Crippen LogP contribution in [0.4, 0.5) is 5.69 Å². The van der Waals surface area contributed by atoms with Gasteiger partial charge in [-0.15, -0.1) is 11.8 Å². The summed E-state index contributed by atoms with van der Waals surface area (Å²) in [5.74, 6) is 0.944. The molecule has 0 radical (unpaired) electrons. The quantitative estimate of drug-likeness (QED) is 0.869. The Balaban J connectivity index is 1.88. The van der Waals surface area contributed by atoms with Crippen molar-refractivity contribution in [2.45, 2.75) is 37.4 Å². The maximum atomic E-state index is 4.60. The van der Waals surface area contributed by atoms with Gasteiger partial charge in [0.05, 0.1) is 0 Å². The number of anilines is 1. The van der Waals surface area contributed by atoms with Gasteiger partial charge in [0.15, 0.2) is 11.3 Å². The fraction of sp³-hybridized carbons (Fsp3) is 0.333. The molecule has 0 spiro atoms. The number of amidine groups is 1. The lowest BCUT2D eigenvalue weighted by Gasteiger charge is -2.28. The summed E-state index contributed by atoms with van der Waals surface area (Å²) in [7, 11) is 0. The van der Waals surface area contributed by atoms with Gasteiger partial charge in [-0.25, -0.2) is 0 Å². The Bertz CT molecular complexity index is 645. The summed E-state index contributed by atoms with van der Waals surface area (Å²) in [6.07, 6.45) is 6.02. The van der Waals surface area contributed by atoms with Gasteiger partial charge in [-0.3, -0.25) is 15.3 Å². The van der Waals surface area contributed by atoms with Crippen molar-refractivity contribution < 1.29 is 0 Å². The van der Waals surface area contributed by atoms with Crippen LogP contribution in [0.5, 0.6) is 0 Å². The monoisotopic (exact) mass is 326 g/mol. The molecule has 0 bridgehead atoms. The molecule has 23 heavy (non-hydrogen) atoms. The molecule has 0 fully saturated rings.